The fourth-order valence-electron chi connectivity index (χ4n) is 2.65. The van der Waals surface area contributed by atoms with E-state index in [0.717, 1.165) is 19.4 Å². The van der Waals surface area contributed by atoms with Crippen LogP contribution in [0.1, 0.15) is 32.3 Å². The highest BCUT2D eigenvalue weighted by atomic mass is 19.2. The van der Waals surface area contributed by atoms with Crippen LogP contribution >= 0.6 is 0 Å². The summed E-state index contributed by atoms with van der Waals surface area (Å²) in [5.74, 6) is -1.22. The fraction of sp³-hybridized carbons (Fsp3) is 0.538. The Bertz CT molecular complexity index is 382. The Hall–Kier alpha value is -0.960. The number of hydrogen-bond acceptors (Lipinski definition) is 1. The van der Waals surface area contributed by atoms with Gasteiger partial charge in [0.05, 0.1) is 0 Å². The Balaban J connectivity index is 2.51. The minimum absolute atomic E-state index is 0.242. The van der Waals surface area contributed by atoms with Crippen molar-refractivity contribution in [2.75, 3.05) is 6.54 Å². The van der Waals surface area contributed by atoms with Crippen LogP contribution in [0.5, 0.6) is 0 Å². The molecule has 1 fully saturated rings. The van der Waals surface area contributed by atoms with Gasteiger partial charge in [0.1, 0.15) is 0 Å². The molecular weight excluding hydrogens is 208 g/mol. The van der Waals surface area contributed by atoms with Gasteiger partial charge in [0.25, 0.3) is 0 Å². The Kier molecular flexibility index (Phi) is 2.98. The molecule has 1 aliphatic rings. The molecule has 0 aromatic heterocycles. The van der Waals surface area contributed by atoms with Gasteiger partial charge in [-0.1, -0.05) is 26.0 Å². The van der Waals surface area contributed by atoms with Crippen molar-refractivity contribution in [1.29, 1.82) is 0 Å². The Morgan fingerprint density at radius 1 is 1.31 bits per heavy atom. The van der Waals surface area contributed by atoms with E-state index in [9.17, 15) is 8.78 Å². The number of halogens is 2. The van der Waals surface area contributed by atoms with Crippen molar-refractivity contribution in [1.82, 2.24) is 5.32 Å². The molecule has 2 rings (SSSR count). The summed E-state index contributed by atoms with van der Waals surface area (Å²) in [6, 6.07) is 4.44. The van der Waals surface area contributed by atoms with Crippen LogP contribution in [0, 0.1) is 17.6 Å². The summed E-state index contributed by atoms with van der Waals surface area (Å²) < 4.78 is 27.1. The molecule has 1 aliphatic heterocycles. The van der Waals surface area contributed by atoms with E-state index in [-0.39, 0.29) is 5.92 Å². The van der Waals surface area contributed by atoms with Crippen molar-refractivity contribution in [3.05, 3.63) is 35.4 Å². The maximum Gasteiger partial charge on any atom is 0.163 e. The van der Waals surface area contributed by atoms with Crippen molar-refractivity contribution in [3.63, 3.8) is 0 Å². The fourth-order valence-corrected chi connectivity index (χ4v) is 2.65. The number of benzene rings is 1. The number of hydrogen-bond donors (Lipinski definition) is 1. The summed E-state index contributed by atoms with van der Waals surface area (Å²) in [5, 5.41) is 3.35. The molecule has 16 heavy (non-hydrogen) atoms. The van der Waals surface area contributed by atoms with Gasteiger partial charge in [0.15, 0.2) is 11.6 Å². The maximum absolute atomic E-state index is 13.8. The van der Waals surface area contributed by atoms with Gasteiger partial charge in [-0.05, 0) is 31.4 Å². The predicted octanol–water partition coefficient (Wildman–Crippen LogP) is 3.20. The molecule has 0 saturated carbocycles. The van der Waals surface area contributed by atoms with Crippen LogP contribution in [0.4, 0.5) is 8.78 Å². The van der Waals surface area contributed by atoms with Crippen LogP contribution in [0.2, 0.25) is 0 Å². The van der Waals surface area contributed by atoms with Gasteiger partial charge < -0.3 is 5.32 Å². The van der Waals surface area contributed by atoms with Gasteiger partial charge in [-0.3, -0.25) is 0 Å². The number of rotatable bonds is 2. The highest BCUT2D eigenvalue weighted by Crippen LogP contribution is 2.39. The van der Waals surface area contributed by atoms with Gasteiger partial charge in [-0.25, -0.2) is 8.78 Å². The van der Waals surface area contributed by atoms with Crippen LogP contribution in [0.3, 0.4) is 0 Å². The topological polar surface area (TPSA) is 12.0 Å². The lowest BCUT2D eigenvalue weighted by Gasteiger charge is -2.34. The molecule has 0 aliphatic carbocycles. The standard InChI is InChI=1S/C13H17F2N/c1-9(2)13(7-4-8-16-13)10-5-3-6-11(14)12(10)15/h3,5-6,9,16H,4,7-8H2,1-2H3. The smallest absolute Gasteiger partial charge is 0.163 e. The van der Waals surface area contributed by atoms with E-state index in [2.05, 4.69) is 5.32 Å². The Morgan fingerprint density at radius 2 is 2.06 bits per heavy atom. The molecule has 1 saturated heterocycles. The first-order valence-corrected chi connectivity index (χ1v) is 5.77. The molecule has 1 atom stereocenters. The second-order valence-corrected chi connectivity index (χ2v) is 4.76. The largest absolute Gasteiger partial charge is 0.307 e. The van der Waals surface area contributed by atoms with E-state index in [1.807, 2.05) is 13.8 Å². The summed E-state index contributed by atoms with van der Waals surface area (Å²) >= 11 is 0. The summed E-state index contributed by atoms with van der Waals surface area (Å²) in [7, 11) is 0. The third-order valence-corrected chi connectivity index (χ3v) is 3.61. The lowest BCUT2D eigenvalue weighted by atomic mass is 9.78. The average Bonchev–Trinajstić information content (AvgIpc) is 2.72. The van der Waals surface area contributed by atoms with E-state index < -0.39 is 17.2 Å². The molecule has 1 nitrogen and oxygen atoms in total. The molecular formula is C13H17F2N. The van der Waals surface area contributed by atoms with Crippen molar-refractivity contribution in [2.45, 2.75) is 32.2 Å². The summed E-state index contributed by atoms with van der Waals surface area (Å²) in [6.45, 7) is 4.96. The molecule has 0 radical (unpaired) electrons. The second kappa shape index (κ2) is 4.13. The van der Waals surface area contributed by atoms with Gasteiger partial charge in [0.2, 0.25) is 0 Å². The normalized spacial score (nSPS) is 25.3. The van der Waals surface area contributed by atoms with Gasteiger partial charge >= 0.3 is 0 Å². The van der Waals surface area contributed by atoms with Crippen LogP contribution in [0.15, 0.2) is 18.2 Å². The lowest BCUT2D eigenvalue weighted by molar-refractivity contribution is 0.264. The van der Waals surface area contributed by atoms with E-state index >= 15 is 0 Å². The first-order valence-electron chi connectivity index (χ1n) is 5.77. The minimum Gasteiger partial charge on any atom is -0.307 e. The van der Waals surface area contributed by atoms with Crippen LogP contribution in [-0.2, 0) is 5.54 Å². The van der Waals surface area contributed by atoms with Crippen molar-refractivity contribution in [3.8, 4) is 0 Å². The van der Waals surface area contributed by atoms with Gasteiger partial charge in [-0.15, -0.1) is 0 Å². The monoisotopic (exact) mass is 225 g/mol. The highest BCUT2D eigenvalue weighted by molar-refractivity contribution is 5.29. The molecule has 3 heteroatoms. The third kappa shape index (κ3) is 1.63. The minimum atomic E-state index is -0.758. The van der Waals surface area contributed by atoms with Crippen LogP contribution in [-0.4, -0.2) is 6.54 Å². The summed E-state index contributed by atoms with van der Waals surface area (Å²) in [6.07, 6.45) is 1.87. The maximum atomic E-state index is 13.8. The zero-order chi connectivity index (χ0) is 11.8. The summed E-state index contributed by atoms with van der Waals surface area (Å²) in [5.41, 5.74) is 0.0756. The van der Waals surface area contributed by atoms with E-state index in [1.54, 1.807) is 12.1 Å². The quantitative estimate of drug-likeness (QED) is 0.815. The average molecular weight is 225 g/mol. The first kappa shape index (κ1) is 11.5. The van der Waals surface area contributed by atoms with Crippen molar-refractivity contribution in [2.24, 2.45) is 5.92 Å². The van der Waals surface area contributed by atoms with Gasteiger partial charge in [0, 0.05) is 11.1 Å². The third-order valence-electron chi connectivity index (χ3n) is 3.61. The zero-order valence-corrected chi connectivity index (χ0v) is 9.69. The summed E-state index contributed by atoms with van der Waals surface area (Å²) in [4.78, 5) is 0. The van der Waals surface area contributed by atoms with Crippen molar-refractivity contribution < 1.29 is 8.78 Å². The van der Waals surface area contributed by atoms with Crippen LogP contribution < -0.4 is 5.32 Å². The molecule has 1 heterocycles. The molecule has 1 unspecified atom stereocenters. The zero-order valence-electron chi connectivity index (χ0n) is 9.69. The Labute approximate surface area is 94.9 Å². The molecule has 1 aromatic carbocycles. The molecule has 0 amide bonds. The molecule has 0 bridgehead atoms. The predicted molar refractivity (Wildman–Crippen MR) is 60.1 cm³/mol. The lowest BCUT2D eigenvalue weighted by Crippen LogP contribution is -2.42. The highest BCUT2D eigenvalue weighted by Gasteiger charge is 2.40. The molecule has 0 spiro atoms. The molecule has 1 N–H and O–H groups in total. The second-order valence-electron chi connectivity index (χ2n) is 4.76. The first-order chi connectivity index (χ1) is 7.58. The van der Waals surface area contributed by atoms with Crippen molar-refractivity contribution >= 4 is 0 Å². The molecule has 88 valence electrons. The Morgan fingerprint density at radius 3 is 2.62 bits per heavy atom. The number of nitrogens with one attached hydrogen (secondary N) is 1. The van der Waals surface area contributed by atoms with E-state index in [0.29, 0.717) is 5.56 Å². The van der Waals surface area contributed by atoms with Gasteiger partial charge in [-0.2, -0.15) is 0 Å². The molecule has 1 aromatic rings. The van der Waals surface area contributed by atoms with E-state index in [4.69, 9.17) is 0 Å². The SMILES string of the molecule is CC(C)C1(c2cccc(F)c2F)CCCN1. The van der Waals surface area contributed by atoms with E-state index in [1.165, 1.54) is 6.07 Å². The van der Waals surface area contributed by atoms with Crippen LogP contribution in [0.25, 0.3) is 0 Å².